The summed E-state index contributed by atoms with van der Waals surface area (Å²) in [4.78, 5) is 27.0. The van der Waals surface area contributed by atoms with Crippen LogP contribution in [0.1, 0.15) is 32.1 Å². The lowest BCUT2D eigenvalue weighted by Gasteiger charge is -2.33. The summed E-state index contributed by atoms with van der Waals surface area (Å²) < 4.78 is 8.96. The zero-order valence-electron chi connectivity index (χ0n) is 16.1. The summed E-state index contributed by atoms with van der Waals surface area (Å²) >= 11 is 0. The molecule has 1 aromatic heterocycles. The van der Waals surface area contributed by atoms with Crippen molar-refractivity contribution < 1.29 is 9.53 Å². The number of ether oxygens (including phenoxy) is 1. The molecule has 27 heavy (non-hydrogen) atoms. The largest absolute Gasteiger partial charge is 0.376 e. The number of carbonyl (C=O) groups is 1. The van der Waals surface area contributed by atoms with E-state index in [1.165, 1.54) is 19.3 Å². The Kier molecular flexibility index (Phi) is 4.95. The summed E-state index contributed by atoms with van der Waals surface area (Å²) in [7, 11) is 3.50. The maximum atomic E-state index is 13.0. The van der Waals surface area contributed by atoms with E-state index >= 15 is 0 Å². The zero-order chi connectivity index (χ0) is 19.0. The van der Waals surface area contributed by atoms with Crippen LogP contribution in [-0.4, -0.2) is 45.9 Å². The molecule has 1 unspecified atom stereocenters. The molecule has 1 atom stereocenters. The number of aromatic nitrogens is 2. The van der Waals surface area contributed by atoms with Crippen LogP contribution >= 0.6 is 0 Å². The number of nitrogens with one attached hydrogen (secondary N) is 1. The standard InChI is InChI=1S/C20H28N4O3/c1-22-17-9-8-15(11-18(17)23(2)20(22)26)21-19(25)24(12-14-5-3-6-14)13-16-7-4-10-27-16/h8-9,11,14,16H,3-7,10,12-13H2,1-2H3,(H,21,25). The lowest BCUT2D eigenvalue weighted by molar-refractivity contribution is 0.0748. The molecule has 7 heteroatoms. The van der Waals surface area contributed by atoms with Gasteiger partial charge in [-0.05, 0) is 49.8 Å². The van der Waals surface area contributed by atoms with Crippen molar-refractivity contribution in [3.8, 4) is 0 Å². The van der Waals surface area contributed by atoms with Gasteiger partial charge in [-0.3, -0.25) is 9.13 Å². The van der Waals surface area contributed by atoms with Crippen molar-refractivity contribution >= 4 is 22.8 Å². The SMILES string of the molecule is Cn1c(=O)n(C)c2cc(NC(=O)N(CC3CCC3)CC3CCCO3)ccc21. The van der Waals surface area contributed by atoms with E-state index < -0.39 is 0 Å². The normalized spacial score (nSPS) is 20.0. The Hall–Kier alpha value is -2.28. The van der Waals surface area contributed by atoms with Crippen molar-refractivity contribution in [2.24, 2.45) is 20.0 Å². The van der Waals surface area contributed by atoms with Crippen LogP contribution in [-0.2, 0) is 18.8 Å². The highest BCUT2D eigenvalue weighted by Crippen LogP contribution is 2.28. The number of benzene rings is 1. The number of imidazole rings is 1. The Bertz CT molecular complexity index is 890. The number of urea groups is 1. The number of rotatable bonds is 5. The predicted octanol–water partition coefficient (Wildman–Crippen LogP) is 2.69. The molecule has 1 N–H and O–H groups in total. The number of fused-ring (bicyclic) bond motifs is 1. The molecule has 0 spiro atoms. The van der Waals surface area contributed by atoms with Gasteiger partial charge in [-0.1, -0.05) is 6.42 Å². The Morgan fingerprint density at radius 2 is 1.93 bits per heavy atom. The zero-order valence-corrected chi connectivity index (χ0v) is 16.1. The van der Waals surface area contributed by atoms with Gasteiger partial charge in [-0.15, -0.1) is 0 Å². The molecule has 1 aliphatic carbocycles. The van der Waals surface area contributed by atoms with E-state index in [9.17, 15) is 9.59 Å². The first kappa shape index (κ1) is 18.1. The summed E-state index contributed by atoms with van der Waals surface area (Å²) in [5, 5.41) is 3.02. The van der Waals surface area contributed by atoms with Crippen LogP contribution in [0.4, 0.5) is 10.5 Å². The Balaban J connectivity index is 1.51. The van der Waals surface area contributed by atoms with Gasteiger partial charge in [0.2, 0.25) is 0 Å². The molecular formula is C20H28N4O3. The van der Waals surface area contributed by atoms with Gasteiger partial charge in [0, 0.05) is 39.5 Å². The van der Waals surface area contributed by atoms with Crippen molar-refractivity contribution in [2.75, 3.05) is 25.0 Å². The molecule has 2 aromatic rings. The monoisotopic (exact) mass is 372 g/mol. The van der Waals surface area contributed by atoms with E-state index in [2.05, 4.69) is 5.32 Å². The fraction of sp³-hybridized carbons (Fsp3) is 0.600. The minimum atomic E-state index is -0.0855. The number of carbonyl (C=O) groups excluding carboxylic acids is 1. The number of aryl methyl sites for hydroxylation is 2. The average molecular weight is 372 g/mol. The van der Waals surface area contributed by atoms with Crippen LogP contribution in [0.2, 0.25) is 0 Å². The maximum absolute atomic E-state index is 13.0. The molecule has 2 fully saturated rings. The van der Waals surface area contributed by atoms with Crippen LogP contribution in [0, 0.1) is 5.92 Å². The third-order valence-corrected chi connectivity index (χ3v) is 5.96. The van der Waals surface area contributed by atoms with Gasteiger partial charge in [0.05, 0.1) is 17.1 Å². The van der Waals surface area contributed by atoms with Gasteiger partial charge < -0.3 is 15.0 Å². The fourth-order valence-corrected chi connectivity index (χ4v) is 4.05. The minimum absolute atomic E-state index is 0.0709. The fourth-order valence-electron chi connectivity index (χ4n) is 4.05. The van der Waals surface area contributed by atoms with Gasteiger partial charge in [-0.2, -0.15) is 0 Å². The lowest BCUT2D eigenvalue weighted by Crippen LogP contribution is -2.44. The van der Waals surface area contributed by atoms with Crippen LogP contribution in [0.15, 0.2) is 23.0 Å². The molecule has 1 aromatic carbocycles. The van der Waals surface area contributed by atoms with E-state index in [0.717, 1.165) is 37.0 Å². The Morgan fingerprint density at radius 1 is 1.15 bits per heavy atom. The van der Waals surface area contributed by atoms with Gasteiger partial charge in [0.1, 0.15) is 0 Å². The molecule has 2 amide bonds. The van der Waals surface area contributed by atoms with Crippen molar-refractivity contribution in [3.63, 3.8) is 0 Å². The van der Waals surface area contributed by atoms with Crippen LogP contribution in [0.25, 0.3) is 11.0 Å². The van der Waals surface area contributed by atoms with Crippen molar-refractivity contribution in [2.45, 2.75) is 38.2 Å². The molecule has 1 saturated carbocycles. The first-order chi connectivity index (χ1) is 13.0. The molecule has 7 nitrogen and oxygen atoms in total. The third-order valence-electron chi connectivity index (χ3n) is 5.96. The van der Waals surface area contributed by atoms with Gasteiger partial charge in [0.15, 0.2) is 0 Å². The second kappa shape index (κ2) is 7.38. The van der Waals surface area contributed by atoms with E-state index in [4.69, 9.17) is 4.74 Å². The van der Waals surface area contributed by atoms with Crippen LogP contribution in [0.3, 0.4) is 0 Å². The highest BCUT2D eigenvalue weighted by Gasteiger charge is 2.27. The Morgan fingerprint density at radius 3 is 2.59 bits per heavy atom. The summed E-state index contributed by atoms with van der Waals surface area (Å²) in [5.41, 5.74) is 2.30. The number of hydrogen-bond donors (Lipinski definition) is 1. The number of amides is 2. The first-order valence-electron chi connectivity index (χ1n) is 9.86. The highest BCUT2D eigenvalue weighted by atomic mass is 16.5. The summed E-state index contributed by atoms with van der Waals surface area (Å²) in [6.07, 6.45) is 5.90. The van der Waals surface area contributed by atoms with Crippen LogP contribution in [0.5, 0.6) is 0 Å². The third kappa shape index (κ3) is 3.60. The molecule has 1 saturated heterocycles. The average Bonchev–Trinajstić information content (AvgIpc) is 3.21. The first-order valence-corrected chi connectivity index (χ1v) is 9.86. The van der Waals surface area contributed by atoms with E-state index in [0.29, 0.717) is 18.2 Å². The van der Waals surface area contributed by atoms with Crippen LogP contribution < -0.4 is 11.0 Å². The summed E-state index contributed by atoms with van der Waals surface area (Å²) in [6, 6.07) is 5.51. The molecule has 146 valence electrons. The topological polar surface area (TPSA) is 68.5 Å². The molecule has 2 heterocycles. The molecular weight excluding hydrogens is 344 g/mol. The molecule has 0 bridgehead atoms. The second-order valence-corrected chi connectivity index (χ2v) is 7.87. The van der Waals surface area contributed by atoms with Crippen molar-refractivity contribution in [1.29, 1.82) is 0 Å². The second-order valence-electron chi connectivity index (χ2n) is 7.87. The molecule has 0 radical (unpaired) electrons. The van der Waals surface area contributed by atoms with Gasteiger partial charge in [-0.25, -0.2) is 9.59 Å². The van der Waals surface area contributed by atoms with Gasteiger partial charge in [0.25, 0.3) is 0 Å². The number of hydrogen-bond acceptors (Lipinski definition) is 3. The number of nitrogens with zero attached hydrogens (tertiary/aromatic N) is 3. The van der Waals surface area contributed by atoms with E-state index in [-0.39, 0.29) is 17.8 Å². The van der Waals surface area contributed by atoms with Crippen molar-refractivity contribution in [1.82, 2.24) is 14.0 Å². The van der Waals surface area contributed by atoms with Crippen molar-refractivity contribution in [3.05, 3.63) is 28.7 Å². The van der Waals surface area contributed by atoms with E-state index in [1.54, 1.807) is 23.2 Å². The smallest absolute Gasteiger partial charge is 0.328 e. The van der Waals surface area contributed by atoms with E-state index in [1.807, 2.05) is 23.1 Å². The highest BCUT2D eigenvalue weighted by molar-refractivity contribution is 5.92. The predicted molar refractivity (Wildman–Crippen MR) is 105 cm³/mol. The van der Waals surface area contributed by atoms with Gasteiger partial charge >= 0.3 is 11.7 Å². The molecule has 2 aliphatic rings. The summed E-state index contributed by atoms with van der Waals surface area (Å²) in [6.45, 7) is 2.23. The number of anilines is 1. The quantitative estimate of drug-likeness (QED) is 0.877. The molecule has 1 aliphatic heterocycles. The lowest BCUT2D eigenvalue weighted by atomic mass is 9.85. The minimum Gasteiger partial charge on any atom is -0.376 e. The summed E-state index contributed by atoms with van der Waals surface area (Å²) in [5.74, 6) is 0.606. The Labute approximate surface area is 158 Å². The maximum Gasteiger partial charge on any atom is 0.328 e. The molecule has 4 rings (SSSR count).